The molecule has 3 aromatic rings. The Balaban J connectivity index is 1.73. The monoisotopic (exact) mass is 449 g/mol. The summed E-state index contributed by atoms with van der Waals surface area (Å²) in [6.07, 6.45) is 3.85. The van der Waals surface area contributed by atoms with Crippen molar-refractivity contribution in [1.29, 1.82) is 5.26 Å². The minimum atomic E-state index is -0.280. The van der Waals surface area contributed by atoms with Crippen molar-refractivity contribution in [3.05, 3.63) is 112 Å². The molecule has 0 heterocycles. The van der Waals surface area contributed by atoms with Gasteiger partial charge in [-0.2, -0.15) is 5.26 Å². The fraction of sp³-hybridized carbons (Fsp3) is 0.138. The van der Waals surface area contributed by atoms with Crippen LogP contribution in [0.25, 0.3) is 6.08 Å². The minimum Gasteiger partial charge on any atom is -0.490 e. The van der Waals surface area contributed by atoms with Crippen molar-refractivity contribution < 1.29 is 19.1 Å². The SMILES string of the molecule is C=CCc1cc(C=C2C(=O)c3ccccc3C2=O)cc(OCC)c1OCc1ccccc1C#N. The Labute approximate surface area is 198 Å². The van der Waals surface area contributed by atoms with E-state index in [2.05, 4.69) is 12.6 Å². The highest BCUT2D eigenvalue weighted by molar-refractivity contribution is 6.41. The third-order valence-corrected chi connectivity index (χ3v) is 5.54. The number of carbonyl (C=O) groups is 2. The Hall–Kier alpha value is -4.43. The molecule has 168 valence electrons. The van der Waals surface area contributed by atoms with Crippen LogP contribution in [0.4, 0.5) is 0 Å². The summed E-state index contributed by atoms with van der Waals surface area (Å²) in [6, 6.07) is 19.9. The van der Waals surface area contributed by atoms with Gasteiger partial charge in [0.05, 0.1) is 23.8 Å². The van der Waals surface area contributed by atoms with Crippen LogP contribution in [0.1, 0.15) is 49.9 Å². The summed E-state index contributed by atoms with van der Waals surface area (Å²) in [5.41, 5.74) is 3.75. The van der Waals surface area contributed by atoms with Gasteiger partial charge >= 0.3 is 0 Å². The van der Waals surface area contributed by atoms with Gasteiger partial charge in [-0.3, -0.25) is 9.59 Å². The molecule has 5 nitrogen and oxygen atoms in total. The van der Waals surface area contributed by atoms with E-state index >= 15 is 0 Å². The lowest BCUT2D eigenvalue weighted by atomic mass is 10.0. The molecule has 0 radical (unpaired) electrons. The van der Waals surface area contributed by atoms with Crippen molar-refractivity contribution in [3.8, 4) is 17.6 Å². The van der Waals surface area contributed by atoms with Crippen LogP contribution >= 0.6 is 0 Å². The van der Waals surface area contributed by atoms with Gasteiger partial charge in [0.15, 0.2) is 23.1 Å². The van der Waals surface area contributed by atoms with Crippen molar-refractivity contribution in [3.63, 3.8) is 0 Å². The van der Waals surface area contributed by atoms with Gasteiger partial charge in [0.25, 0.3) is 0 Å². The van der Waals surface area contributed by atoms with Gasteiger partial charge in [0, 0.05) is 22.3 Å². The quantitative estimate of drug-likeness (QED) is 0.249. The van der Waals surface area contributed by atoms with Crippen molar-refractivity contribution in [2.75, 3.05) is 6.61 Å². The largest absolute Gasteiger partial charge is 0.490 e. The second kappa shape index (κ2) is 10.0. The van der Waals surface area contributed by atoms with Gasteiger partial charge in [-0.15, -0.1) is 6.58 Å². The maximum Gasteiger partial charge on any atom is 0.197 e. The molecular weight excluding hydrogens is 426 g/mol. The summed E-state index contributed by atoms with van der Waals surface area (Å²) in [6.45, 7) is 6.31. The summed E-state index contributed by atoms with van der Waals surface area (Å²) >= 11 is 0. The zero-order valence-corrected chi connectivity index (χ0v) is 18.8. The van der Waals surface area contributed by atoms with E-state index in [0.717, 1.165) is 11.1 Å². The Bertz CT molecular complexity index is 1320. The third kappa shape index (κ3) is 4.39. The molecule has 0 N–H and O–H groups in total. The average molecular weight is 450 g/mol. The lowest BCUT2D eigenvalue weighted by molar-refractivity contribution is 0.0990. The molecule has 0 atom stereocenters. The van der Waals surface area contributed by atoms with Gasteiger partial charge in [-0.1, -0.05) is 48.5 Å². The molecule has 1 aliphatic carbocycles. The van der Waals surface area contributed by atoms with E-state index in [1.165, 1.54) is 0 Å². The summed E-state index contributed by atoms with van der Waals surface area (Å²) < 4.78 is 12.0. The normalized spacial score (nSPS) is 12.2. The number of hydrogen-bond acceptors (Lipinski definition) is 5. The zero-order valence-electron chi connectivity index (χ0n) is 18.8. The van der Waals surface area contributed by atoms with Gasteiger partial charge in [0.1, 0.15) is 6.61 Å². The van der Waals surface area contributed by atoms with Crippen molar-refractivity contribution in [2.45, 2.75) is 20.0 Å². The van der Waals surface area contributed by atoms with Crippen LogP contribution in [0.5, 0.6) is 11.5 Å². The number of hydrogen-bond donors (Lipinski definition) is 0. The molecule has 4 rings (SSSR count). The fourth-order valence-corrected chi connectivity index (χ4v) is 3.98. The first kappa shape index (κ1) is 22.8. The summed E-state index contributed by atoms with van der Waals surface area (Å²) in [5.74, 6) is 0.483. The number of allylic oxidation sites excluding steroid dienone is 2. The van der Waals surface area contributed by atoms with E-state index in [0.29, 0.717) is 46.8 Å². The predicted molar refractivity (Wildman–Crippen MR) is 130 cm³/mol. The molecule has 0 amide bonds. The first-order valence-electron chi connectivity index (χ1n) is 11.0. The number of Topliss-reactive ketones (excluding diaryl/α,β-unsaturated/α-hetero) is 2. The van der Waals surface area contributed by atoms with Crippen LogP contribution in [-0.4, -0.2) is 18.2 Å². The molecule has 0 saturated carbocycles. The Morgan fingerprint density at radius 3 is 2.26 bits per heavy atom. The highest BCUT2D eigenvalue weighted by Crippen LogP contribution is 2.36. The number of nitriles is 1. The highest BCUT2D eigenvalue weighted by atomic mass is 16.5. The molecule has 34 heavy (non-hydrogen) atoms. The first-order valence-corrected chi connectivity index (χ1v) is 11.0. The van der Waals surface area contributed by atoms with Gasteiger partial charge in [-0.25, -0.2) is 0 Å². The lowest BCUT2D eigenvalue weighted by Crippen LogP contribution is -2.05. The maximum atomic E-state index is 12.8. The van der Waals surface area contributed by atoms with Crippen LogP contribution in [0.2, 0.25) is 0 Å². The number of ether oxygens (including phenoxy) is 2. The van der Waals surface area contributed by atoms with Crippen LogP contribution in [-0.2, 0) is 13.0 Å². The molecule has 0 aromatic heterocycles. The van der Waals surface area contributed by atoms with E-state index < -0.39 is 0 Å². The van der Waals surface area contributed by atoms with Crippen LogP contribution < -0.4 is 9.47 Å². The third-order valence-electron chi connectivity index (χ3n) is 5.54. The fourth-order valence-electron chi connectivity index (χ4n) is 3.98. The molecule has 5 heteroatoms. The van der Waals surface area contributed by atoms with Crippen LogP contribution in [0, 0.1) is 11.3 Å². The van der Waals surface area contributed by atoms with Gasteiger partial charge < -0.3 is 9.47 Å². The number of ketones is 2. The first-order chi connectivity index (χ1) is 16.6. The molecule has 0 saturated heterocycles. The predicted octanol–water partition coefficient (Wildman–Crippen LogP) is 5.73. The van der Waals surface area contributed by atoms with E-state index in [-0.39, 0.29) is 23.7 Å². The number of fused-ring (bicyclic) bond motifs is 1. The molecule has 0 unspecified atom stereocenters. The topological polar surface area (TPSA) is 76.4 Å². The van der Waals surface area contributed by atoms with Gasteiger partial charge in [-0.05, 0) is 43.2 Å². The smallest absolute Gasteiger partial charge is 0.197 e. The minimum absolute atomic E-state index is 0.129. The van der Waals surface area contributed by atoms with Crippen molar-refractivity contribution >= 4 is 17.6 Å². The number of nitrogens with zero attached hydrogens (tertiary/aromatic N) is 1. The molecule has 0 aliphatic heterocycles. The van der Waals surface area contributed by atoms with E-state index in [4.69, 9.17) is 9.47 Å². The van der Waals surface area contributed by atoms with E-state index in [1.807, 2.05) is 31.2 Å². The summed E-state index contributed by atoms with van der Waals surface area (Å²) in [5, 5.41) is 9.37. The Morgan fingerprint density at radius 2 is 1.62 bits per heavy atom. The number of carbonyl (C=O) groups excluding carboxylic acids is 2. The molecule has 0 bridgehead atoms. The summed E-state index contributed by atoms with van der Waals surface area (Å²) in [7, 11) is 0. The molecule has 3 aromatic carbocycles. The lowest BCUT2D eigenvalue weighted by Gasteiger charge is -2.17. The zero-order chi connectivity index (χ0) is 24.1. The molecular formula is C29H23NO4. The Morgan fingerprint density at radius 1 is 0.941 bits per heavy atom. The van der Waals surface area contributed by atoms with Crippen molar-refractivity contribution in [1.82, 2.24) is 0 Å². The standard InChI is InChI=1S/C29H23NO4/c1-3-9-20-14-19(15-25-27(31)23-12-7-8-13-24(23)28(25)32)16-26(33-4-2)29(20)34-18-22-11-6-5-10-21(22)17-30/h3,5-8,10-16H,1,4,9,18H2,2H3. The second-order valence-corrected chi connectivity index (χ2v) is 7.75. The highest BCUT2D eigenvalue weighted by Gasteiger charge is 2.32. The van der Waals surface area contributed by atoms with Crippen LogP contribution in [0.15, 0.2) is 78.9 Å². The molecule has 1 aliphatic rings. The maximum absolute atomic E-state index is 12.8. The number of rotatable bonds is 8. The van der Waals surface area contributed by atoms with E-state index in [1.54, 1.807) is 48.6 Å². The van der Waals surface area contributed by atoms with E-state index in [9.17, 15) is 14.9 Å². The Kier molecular flexibility index (Phi) is 6.70. The molecule has 0 spiro atoms. The molecule has 0 fully saturated rings. The van der Waals surface area contributed by atoms with Gasteiger partial charge in [0.2, 0.25) is 0 Å². The number of benzene rings is 3. The second-order valence-electron chi connectivity index (χ2n) is 7.75. The average Bonchev–Trinajstić information content (AvgIpc) is 3.09. The van der Waals surface area contributed by atoms with Crippen molar-refractivity contribution in [2.24, 2.45) is 0 Å². The summed E-state index contributed by atoms with van der Waals surface area (Å²) in [4.78, 5) is 25.7. The van der Waals surface area contributed by atoms with Crippen LogP contribution in [0.3, 0.4) is 0 Å².